The summed E-state index contributed by atoms with van der Waals surface area (Å²) in [5, 5.41) is 0.443. The number of nitrogens with one attached hydrogen (secondary N) is 1. The second-order valence-electron chi connectivity index (χ2n) is 15.9. The second-order valence-corrected chi connectivity index (χ2v) is 17.6. The van der Waals surface area contributed by atoms with Crippen LogP contribution in [0.5, 0.6) is 5.75 Å². The van der Waals surface area contributed by atoms with Gasteiger partial charge in [-0.3, -0.25) is 14.4 Å². The summed E-state index contributed by atoms with van der Waals surface area (Å²) in [4.78, 5) is 20.8. The highest BCUT2D eigenvalue weighted by Crippen LogP contribution is 2.46. The molecule has 0 radical (unpaired) electrons. The van der Waals surface area contributed by atoms with Crippen LogP contribution in [0.25, 0.3) is 0 Å². The van der Waals surface area contributed by atoms with Gasteiger partial charge in [-0.1, -0.05) is 44.0 Å². The highest BCUT2D eigenvalue weighted by atomic mass is 35.5. The molecule has 5 aliphatic rings. The summed E-state index contributed by atoms with van der Waals surface area (Å²) in [5.41, 5.74) is 4.69. The average Bonchev–Trinajstić information content (AvgIpc) is 3.22. The van der Waals surface area contributed by atoms with E-state index in [1.54, 1.807) is 6.07 Å². The van der Waals surface area contributed by atoms with Crippen LogP contribution in [0, 0.1) is 17.2 Å². The molecule has 2 fully saturated rings. The molecule has 2 bridgehead atoms. The molecule has 2 spiro atoms. The topological polar surface area (TPSA) is 57.3 Å². The fourth-order valence-electron chi connectivity index (χ4n) is 9.46. The van der Waals surface area contributed by atoms with Gasteiger partial charge in [0.05, 0.1) is 30.0 Å². The van der Waals surface area contributed by atoms with Gasteiger partial charge in [-0.15, -0.1) is 0 Å². The number of fused-ring (bicyclic) bond motifs is 3. The number of nitrogens with zero attached hydrogens (tertiary/aromatic N) is 3. The molecule has 0 saturated carbocycles. The van der Waals surface area contributed by atoms with E-state index in [0.717, 1.165) is 80.8 Å². The van der Waals surface area contributed by atoms with Gasteiger partial charge in [-0.2, -0.15) is 0 Å². The molecule has 4 heterocycles. The summed E-state index contributed by atoms with van der Waals surface area (Å²) >= 11 is 7.78. The Morgan fingerprint density at radius 1 is 1.14 bits per heavy atom. The molecule has 2 aromatic carbocycles. The molecule has 1 aliphatic carbocycles. The minimum absolute atomic E-state index is 0.0373. The molecule has 1 N–H and O–H groups in total. The quantitative estimate of drug-likeness (QED) is 0.253. The van der Waals surface area contributed by atoms with Crippen LogP contribution in [0.15, 0.2) is 42.0 Å². The number of carbonyl (C=O) groups excluding carboxylic acids is 1. The Hall–Kier alpha value is -2.30. The predicted molar refractivity (Wildman–Crippen MR) is 202 cm³/mol. The lowest BCUT2D eigenvalue weighted by atomic mass is 9.70. The third kappa shape index (κ3) is 7.32. The minimum Gasteiger partial charge on any atom is -0.490 e. The Labute approximate surface area is 307 Å². The SMILES string of the molecule is CCC1CCN2CC3(CCCc4c3ccc(Cl)c4F)COc3ccc(cc32)C(=O)NSC(C)CC/C=C(\C)C1OCCN1CC2(CN(C)C2)C1. The zero-order valence-corrected chi connectivity index (χ0v) is 31.8. The first-order valence-corrected chi connectivity index (χ1v) is 20.0. The monoisotopic (exact) mass is 724 g/mol. The lowest BCUT2D eigenvalue weighted by molar-refractivity contribution is -0.113. The van der Waals surface area contributed by atoms with Crippen molar-refractivity contribution in [1.29, 1.82) is 0 Å². The Morgan fingerprint density at radius 2 is 1.96 bits per heavy atom. The number of anilines is 1. The van der Waals surface area contributed by atoms with Crippen molar-refractivity contribution in [1.82, 2.24) is 14.5 Å². The van der Waals surface area contributed by atoms with Gasteiger partial charge in [0, 0.05) is 67.5 Å². The van der Waals surface area contributed by atoms with Crippen LogP contribution in [0.3, 0.4) is 0 Å². The van der Waals surface area contributed by atoms with Crippen molar-refractivity contribution in [2.24, 2.45) is 11.3 Å². The Balaban J connectivity index is 1.17. The van der Waals surface area contributed by atoms with Crippen molar-refractivity contribution in [2.45, 2.75) is 82.5 Å². The van der Waals surface area contributed by atoms with Gasteiger partial charge in [0.2, 0.25) is 0 Å². The van der Waals surface area contributed by atoms with Gasteiger partial charge in [0.1, 0.15) is 11.6 Å². The van der Waals surface area contributed by atoms with E-state index in [2.05, 4.69) is 53.3 Å². The number of allylic oxidation sites excluding steroid dienone is 1. The van der Waals surface area contributed by atoms with E-state index in [1.807, 2.05) is 24.3 Å². The summed E-state index contributed by atoms with van der Waals surface area (Å²) in [5.74, 6) is 0.688. The Bertz CT molecular complexity index is 1590. The minimum atomic E-state index is -0.399. The van der Waals surface area contributed by atoms with Crippen molar-refractivity contribution < 1.29 is 18.7 Å². The van der Waals surface area contributed by atoms with Gasteiger partial charge in [0.25, 0.3) is 5.91 Å². The highest BCUT2D eigenvalue weighted by molar-refractivity contribution is 7.98. The number of rotatable bonds is 5. The third-order valence-electron chi connectivity index (χ3n) is 12.0. The van der Waals surface area contributed by atoms with Gasteiger partial charge in [-0.05, 0) is 111 Å². The number of benzene rings is 2. The molecular formula is C40H54ClFN4O3S. The first-order valence-electron chi connectivity index (χ1n) is 18.7. The lowest BCUT2D eigenvalue weighted by Gasteiger charge is -2.59. The number of carbonyl (C=O) groups is 1. The van der Waals surface area contributed by atoms with Crippen LogP contribution in [0.1, 0.15) is 80.8 Å². The first kappa shape index (κ1) is 36.1. The molecule has 1 amide bonds. The normalized spacial score (nSPS) is 30.0. The number of hydrogen-bond donors (Lipinski definition) is 1. The van der Waals surface area contributed by atoms with Gasteiger partial charge >= 0.3 is 0 Å². The van der Waals surface area contributed by atoms with Crippen LogP contribution in [-0.2, 0) is 16.6 Å². The van der Waals surface area contributed by atoms with E-state index < -0.39 is 5.41 Å². The number of likely N-dealkylation sites (tertiary alicyclic amines) is 2. The summed E-state index contributed by atoms with van der Waals surface area (Å²) < 4.78 is 32.1. The van der Waals surface area contributed by atoms with Crippen LogP contribution in [-0.4, -0.2) is 93.1 Å². The standard InChI is InChI=1S/C40H54ClFN4O3S/c1-5-29-15-17-46-25-40(16-7-10-31-32(40)12-13-33(41)36(31)42)26-49-35-14-11-30(20-34(35)46)38(47)43-50-28(3)9-6-8-27(2)37(29)48-19-18-45-23-39(24-45)21-44(4)22-39/h8,11-14,20,28-29,37H,5-7,9-10,15-19,21-26H2,1-4H3,(H,43,47)/b27-8+. The third-order valence-corrected chi connectivity index (χ3v) is 13.2. The average molecular weight is 725 g/mol. The van der Waals surface area contributed by atoms with E-state index in [4.69, 9.17) is 21.1 Å². The zero-order chi connectivity index (χ0) is 35.0. The zero-order valence-electron chi connectivity index (χ0n) is 30.2. The second kappa shape index (κ2) is 15.0. The molecule has 50 heavy (non-hydrogen) atoms. The van der Waals surface area contributed by atoms with Crippen molar-refractivity contribution in [3.05, 3.63) is 69.5 Å². The van der Waals surface area contributed by atoms with E-state index in [1.165, 1.54) is 43.7 Å². The van der Waals surface area contributed by atoms with Gasteiger partial charge in [-0.25, -0.2) is 4.39 Å². The predicted octanol–water partition coefficient (Wildman–Crippen LogP) is 7.51. The molecule has 0 aromatic heterocycles. The highest BCUT2D eigenvalue weighted by Gasteiger charge is 2.50. The van der Waals surface area contributed by atoms with Crippen LogP contribution >= 0.6 is 23.5 Å². The summed E-state index contributed by atoms with van der Waals surface area (Å²) in [6.07, 6.45) is 8.68. The number of halogens is 2. The Morgan fingerprint density at radius 3 is 2.74 bits per heavy atom. The van der Waals surface area contributed by atoms with Crippen molar-refractivity contribution in [2.75, 3.05) is 71.0 Å². The van der Waals surface area contributed by atoms with E-state index >= 15 is 4.39 Å². The molecule has 2 saturated heterocycles. The summed E-state index contributed by atoms with van der Waals surface area (Å²) in [6.45, 7) is 15.1. The van der Waals surface area contributed by atoms with Crippen molar-refractivity contribution in [3.8, 4) is 5.75 Å². The molecule has 4 unspecified atom stereocenters. The van der Waals surface area contributed by atoms with Crippen molar-refractivity contribution in [3.63, 3.8) is 0 Å². The Kier molecular flexibility index (Phi) is 10.8. The molecule has 7 nitrogen and oxygen atoms in total. The fourth-order valence-corrected chi connectivity index (χ4v) is 10.3. The molecule has 7 rings (SSSR count). The molecule has 4 atom stereocenters. The molecule has 2 aromatic rings. The van der Waals surface area contributed by atoms with E-state index in [-0.39, 0.29) is 28.1 Å². The maximum Gasteiger partial charge on any atom is 0.261 e. The van der Waals surface area contributed by atoms with Crippen molar-refractivity contribution >= 4 is 35.1 Å². The van der Waals surface area contributed by atoms with Gasteiger partial charge < -0.3 is 19.3 Å². The molecule has 10 heteroatoms. The lowest BCUT2D eigenvalue weighted by Crippen LogP contribution is -2.71. The first-order chi connectivity index (χ1) is 24.1. The number of ether oxygens (including phenoxy) is 2. The van der Waals surface area contributed by atoms with E-state index in [9.17, 15) is 4.79 Å². The number of amides is 1. The maximum absolute atomic E-state index is 15.5. The molecule has 4 aliphatic heterocycles. The van der Waals surface area contributed by atoms with Crippen LogP contribution < -0.4 is 14.4 Å². The molecular weight excluding hydrogens is 671 g/mol. The van der Waals surface area contributed by atoms with E-state index in [0.29, 0.717) is 36.5 Å². The largest absolute Gasteiger partial charge is 0.490 e. The van der Waals surface area contributed by atoms with Gasteiger partial charge in [0.15, 0.2) is 0 Å². The van der Waals surface area contributed by atoms with Crippen LogP contribution in [0.4, 0.5) is 10.1 Å². The summed E-state index contributed by atoms with van der Waals surface area (Å²) in [6, 6.07) is 9.51. The summed E-state index contributed by atoms with van der Waals surface area (Å²) in [7, 11) is 2.21. The fraction of sp³-hybridized carbons (Fsp3) is 0.625. The van der Waals surface area contributed by atoms with Crippen LogP contribution in [0.2, 0.25) is 5.02 Å². The number of hydrogen-bond acceptors (Lipinski definition) is 7. The maximum atomic E-state index is 15.5. The smallest absolute Gasteiger partial charge is 0.261 e. The molecule has 272 valence electrons.